The van der Waals surface area contributed by atoms with Crippen LogP contribution in [0.2, 0.25) is 0 Å². The van der Waals surface area contributed by atoms with Gasteiger partial charge in [-0.1, -0.05) is 57.2 Å². The average molecular weight is 674 g/mol. The molecular weight excluding hydrogens is 631 g/mol. The van der Waals surface area contributed by atoms with Crippen molar-refractivity contribution >= 4 is 28.6 Å². The van der Waals surface area contributed by atoms with Crippen LogP contribution >= 0.6 is 11.8 Å². The third kappa shape index (κ3) is 7.89. The molecule has 4 aromatic heterocycles. The number of imidazole rings is 1. The standard InChI is InChI=1S/C40H43N5O3S/c1-27-43-23-36(44(27)25-30-11-7-9-19-41-30)29-15-13-28(14-16-29)24-45-34-18-17-32(48-26-31-12-8-10-20-42-31)21-33(34)37(49-39(2,3)4)35(45)22-40(5,6)38(46)47/h7-21,23H,22,24-26H2,1-6H3,(H,46,47). The minimum atomic E-state index is -0.967. The molecule has 0 atom stereocenters. The number of hydrogen-bond donors (Lipinski definition) is 1. The summed E-state index contributed by atoms with van der Waals surface area (Å²) in [5.41, 5.74) is 6.14. The number of thioether (sulfide) groups is 1. The van der Waals surface area contributed by atoms with Crippen molar-refractivity contribution in [1.29, 1.82) is 0 Å². The van der Waals surface area contributed by atoms with Gasteiger partial charge in [-0.25, -0.2) is 4.98 Å². The summed E-state index contributed by atoms with van der Waals surface area (Å²) < 4.78 is 10.6. The van der Waals surface area contributed by atoms with Gasteiger partial charge in [0.05, 0.1) is 35.2 Å². The Kier molecular flexibility index (Phi) is 9.65. The highest BCUT2D eigenvalue weighted by molar-refractivity contribution is 8.00. The molecule has 0 unspecified atom stereocenters. The third-order valence-electron chi connectivity index (χ3n) is 8.49. The molecule has 1 N–H and O–H groups in total. The van der Waals surface area contributed by atoms with Crippen LogP contribution in [-0.2, 0) is 30.9 Å². The number of fused-ring (bicyclic) bond motifs is 1. The normalized spacial score (nSPS) is 12.0. The predicted octanol–water partition coefficient (Wildman–Crippen LogP) is 8.82. The van der Waals surface area contributed by atoms with Gasteiger partial charge >= 0.3 is 5.97 Å². The second-order valence-corrected chi connectivity index (χ2v) is 15.9. The number of aliphatic carboxylic acids is 1. The van der Waals surface area contributed by atoms with Gasteiger partial charge in [-0.3, -0.25) is 14.8 Å². The van der Waals surface area contributed by atoms with Gasteiger partial charge in [0.1, 0.15) is 18.2 Å². The first-order chi connectivity index (χ1) is 23.4. The van der Waals surface area contributed by atoms with E-state index in [1.54, 1.807) is 31.8 Å². The molecule has 6 aromatic rings. The van der Waals surface area contributed by atoms with Gasteiger partial charge in [-0.2, -0.15) is 0 Å². The molecule has 8 nitrogen and oxygen atoms in total. The highest BCUT2D eigenvalue weighted by Crippen LogP contribution is 2.44. The van der Waals surface area contributed by atoms with Crippen molar-refractivity contribution in [2.24, 2.45) is 5.41 Å². The van der Waals surface area contributed by atoms with E-state index in [9.17, 15) is 9.90 Å². The fraction of sp³-hybridized carbons (Fsp3) is 0.300. The Balaban J connectivity index is 1.38. The van der Waals surface area contributed by atoms with Crippen molar-refractivity contribution in [3.63, 3.8) is 0 Å². The average Bonchev–Trinajstić information content (AvgIpc) is 3.56. The summed E-state index contributed by atoms with van der Waals surface area (Å²) >= 11 is 1.77. The first-order valence-electron chi connectivity index (χ1n) is 16.5. The van der Waals surface area contributed by atoms with Crippen LogP contribution in [0.15, 0.2) is 102 Å². The molecule has 4 heterocycles. The molecule has 0 aliphatic carbocycles. The van der Waals surface area contributed by atoms with Gasteiger partial charge in [-0.05, 0) is 74.4 Å². The lowest BCUT2D eigenvalue weighted by atomic mass is 9.88. The molecule has 9 heteroatoms. The summed E-state index contributed by atoms with van der Waals surface area (Å²) in [6.07, 6.45) is 5.88. The minimum absolute atomic E-state index is 0.107. The smallest absolute Gasteiger partial charge is 0.309 e. The molecule has 0 saturated heterocycles. The number of hydrogen-bond acceptors (Lipinski definition) is 6. The van der Waals surface area contributed by atoms with Crippen LogP contribution in [0.5, 0.6) is 5.75 Å². The second-order valence-electron chi connectivity index (χ2n) is 14.0. The number of carbonyl (C=O) groups is 1. The summed E-state index contributed by atoms with van der Waals surface area (Å²) in [6, 6.07) is 26.5. The number of carboxylic acid groups (broad SMARTS) is 1. The monoisotopic (exact) mass is 673 g/mol. The van der Waals surface area contributed by atoms with E-state index in [4.69, 9.17) is 4.74 Å². The maximum absolute atomic E-state index is 12.4. The molecule has 0 fully saturated rings. The molecular formula is C40H43N5O3S. The second kappa shape index (κ2) is 13.9. The summed E-state index contributed by atoms with van der Waals surface area (Å²) in [6.45, 7) is 13.8. The molecule has 49 heavy (non-hydrogen) atoms. The molecule has 2 aromatic carbocycles. The van der Waals surface area contributed by atoms with Crippen molar-refractivity contribution in [2.45, 2.75) is 77.3 Å². The molecule has 252 valence electrons. The van der Waals surface area contributed by atoms with E-state index < -0.39 is 11.4 Å². The number of aryl methyl sites for hydroxylation is 1. The van der Waals surface area contributed by atoms with Crippen LogP contribution in [0.25, 0.3) is 22.2 Å². The zero-order valence-electron chi connectivity index (χ0n) is 29.0. The Labute approximate surface area is 292 Å². The van der Waals surface area contributed by atoms with Gasteiger partial charge < -0.3 is 19.0 Å². The molecule has 0 amide bonds. The Morgan fingerprint density at radius 2 is 1.53 bits per heavy atom. The lowest BCUT2D eigenvalue weighted by molar-refractivity contribution is -0.146. The van der Waals surface area contributed by atoms with Gasteiger partial charge in [-0.15, -0.1) is 11.8 Å². The Bertz CT molecular complexity index is 2060. The van der Waals surface area contributed by atoms with Crippen LogP contribution in [-0.4, -0.2) is 39.9 Å². The van der Waals surface area contributed by atoms with E-state index in [0.717, 1.165) is 61.3 Å². The topological polar surface area (TPSA) is 95.1 Å². The minimum Gasteiger partial charge on any atom is -0.487 e. The largest absolute Gasteiger partial charge is 0.487 e. The van der Waals surface area contributed by atoms with E-state index in [1.807, 2.05) is 61.8 Å². The number of ether oxygens (including phenoxy) is 1. The number of carboxylic acids is 1. The van der Waals surface area contributed by atoms with Crippen LogP contribution in [0.1, 0.15) is 63.1 Å². The molecule has 0 bridgehead atoms. The maximum atomic E-state index is 12.4. The van der Waals surface area contributed by atoms with Gasteiger partial charge in [0, 0.05) is 51.6 Å². The molecule has 0 aliphatic rings. The van der Waals surface area contributed by atoms with Crippen LogP contribution in [0, 0.1) is 12.3 Å². The SMILES string of the molecule is Cc1ncc(-c2ccc(Cn3c(CC(C)(C)C(=O)O)c(SC(C)(C)C)c4cc(OCc5ccccn5)ccc43)cc2)n1Cc1ccccn1. The fourth-order valence-corrected chi connectivity index (χ4v) is 7.06. The van der Waals surface area contributed by atoms with Crippen LogP contribution < -0.4 is 4.74 Å². The lowest BCUT2D eigenvalue weighted by Crippen LogP contribution is -2.28. The highest BCUT2D eigenvalue weighted by Gasteiger charge is 2.33. The van der Waals surface area contributed by atoms with Crippen molar-refractivity contribution in [1.82, 2.24) is 24.1 Å². The Hall–Kier alpha value is -4.89. The Morgan fingerprint density at radius 3 is 2.16 bits per heavy atom. The van der Waals surface area contributed by atoms with E-state index >= 15 is 0 Å². The van der Waals surface area contributed by atoms with Crippen LogP contribution in [0.4, 0.5) is 0 Å². The summed E-state index contributed by atoms with van der Waals surface area (Å²) in [4.78, 5) is 27.1. The van der Waals surface area contributed by atoms with E-state index in [-0.39, 0.29) is 4.75 Å². The summed E-state index contributed by atoms with van der Waals surface area (Å²) in [5.74, 6) is 0.857. The fourth-order valence-electron chi connectivity index (χ4n) is 5.87. The van der Waals surface area contributed by atoms with Gasteiger partial charge in [0.15, 0.2) is 0 Å². The first-order valence-corrected chi connectivity index (χ1v) is 17.3. The number of pyridine rings is 2. The predicted molar refractivity (Wildman–Crippen MR) is 196 cm³/mol. The number of aromatic nitrogens is 5. The van der Waals surface area contributed by atoms with Crippen molar-refractivity contribution < 1.29 is 14.6 Å². The first kappa shape index (κ1) is 34.0. The van der Waals surface area contributed by atoms with Crippen molar-refractivity contribution in [2.75, 3.05) is 0 Å². The summed E-state index contributed by atoms with van der Waals surface area (Å²) in [5, 5.41) is 11.3. The van der Waals surface area contributed by atoms with Gasteiger partial charge in [0.25, 0.3) is 0 Å². The summed E-state index contributed by atoms with van der Waals surface area (Å²) in [7, 11) is 0. The molecule has 0 aliphatic heterocycles. The van der Waals surface area contributed by atoms with Crippen LogP contribution in [0.3, 0.4) is 0 Å². The number of benzene rings is 2. The van der Waals surface area contributed by atoms with E-state index in [0.29, 0.717) is 26.1 Å². The molecule has 0 saturated carbocycles. The molecule has 0 spiro atoms. The lowest BCUT2D eigenvalue weighted by Gasteiger charge is -2.24. The molecule has 6 rings (SSSR count). The van der Waals surface area contributed by atoms with Gasteiger partial charge in [0.2, 0.25) is 0 Å². The maximum Gasteiger partial charge on any atom is 0.309 e. The van der Waals surface area contributed by atoms with Crippen molar-refractivity contribution in [3.8, 4) is 17.0 Å². The Morgan fingerprint density at radius 1 is 0.837 bits per heavy atom. The zero-order chi connectivity index (χ0) is 34.8. The quantitative estimate of drug-likeness (QED) is 0.130. The zero-order valence-corrected chi connectivity index (χ0v) is 29.8. The molecule has 0 radical (unpaired) electrons. The third-order valence-corrected chi connectivity index (χ3v) is 9.76. The van der Waals surface area contributed by atoms with E-state index in [1.165, 1.54) is 0 Å². The van der Waals surface area contributed by atoms with Crippen molar-refractivity contribution in [3.05, 3.63) is 126 Å². The van der Waals surface area contributed by atoms with E-state index in [2.05, 4.69) is 81.3 Å². The number of nitrogens with zero attached hydrogens (tertiary/aromatic N) is 5. The number of rotatable bonds is 12. The highest BCUT2D eigenvalue weighted by atomic mass is 32.2.